The third-order valence-corrected chi connectivity index (χ3v) is 5.34. The van der Waals surface area contributed by atoms with Gasteiger partial charge in [0.2, 0.25) is 5.89 Å². The van der Waals surface area contributed by atoms with Crippen molar-refractivity contribution >= 4 is 23.2 Å². The first kappa shape index (κ1) is 17.2. The molecule has 2 aromatic carbocycles. The quantitative estimate of drug-likeness (QED) is 0.338. The standard InChI is InChI=1S/C22H19N3OS/c1-15-3-4-18(22-23-10-11-26-22)13-20(15)17-5-7-19(8-6-17)25-24-14-21-16(2)9-12-27-21/h3-14,25H,1-2H3. The molecular formula is C22H19N3OS. The Labute approximate surface area is 162 Å². The fourth-order valence-corrected chi connectivity index (χ4v) is 3.62. The minimum atomic E-state index is 0.632. The maximum absolute atomic E-state index is 5.42. The number of hydrazone groups is 1. The molecule has 0 bridgehead atoms. The summed E-state index contributed by atoms with van der Waals surface area (Å²) in [5.74, 6) is 0.632. The van der Waals surface area contributed by atoms with Gasteiger partial charge in [-0.2, -0.15) is 5.10 Å². The fraction of sp³-hybridized carbons (Fsp3) is 0.0909. The number of aryl methyl sites for hydroxylation is 2. The van der Waals surface area contributed by atoms with Crippen LogP contribution in [0.15, 0.2) is 75.9 Å². The topological polar surface area (TPSA) is 50.4 Å². The lowest BCUT2D eigenvalue weighted by Crippen LogP contribution is -1.91. The molecule has 0 aliphatic rings. The number of anilines is 1. The Balaban J connectivity index is 1.53. The zero-order valence-corrected chi connectivity index (χ0v) is 16.0. The van der Waals surface area contributed by atoms with Crippen LogP contribution in [0.2, 0.25) is 0 Å². The Morgan fingerprint density at radius 3 is 2.52 bits per heavy atom. The summed E-state index contributed by atoms with van der Waals surface area (Å²) in [6, 6.07) is 16.6. The second-order valence-electron chi connectivity index (χ2n) is 6.28. The number of nitrogens with one attached hydrogen (secondary N) is 1. The van der Waals surface area contributed by atoms with Crippen molar-refractivity contribution in [3.63, 3.8) is 0 Å². The molecule has 0 aliphatic carbocycles. The molecule has 2 heterocycles. The first-order valence-corrected chi connectivity index (χ1v) is 9.53. The lowest BCUT2D eigenvalue weighted by molar-refractivity contribution is 0.574. The molecule has 2 aromatic heterocycles. The predicted molar refractivity (Wildman–Crippen MR) is 112 cm³/mol. The van der Waals surface area contributed by atoms with E-state index < -0.39 is 0 Å². The van der Waals surface area contributed by atoms with Gasteiger partial charge in [0, 0.05) is 10.4 Å². The van der Waals surface area contributed by atoms with Gasteiger partial charge in [0.15, 0.2) is 0 Å². The minimum absolute atomic E-state index is 0.632. The largest absolute Gasteiger partial charge is 0.445 e. The van der Waals surface area contributed by atoms with Crippen LogP contribution in [0, 0.1) is 13.8 Å². The van der Waals surface area contributed by atoms with Crippen LogP contribution in [-0.2, 0) is 0 Å². The third kappa shape index (κ3) is 3.83. The first-order chi connectivity index (χ1) is 13.2. The highest BCUT2D eigenvalue weighted by atomic mass is 32.1. The van der Waals surface area contributed by atoms with Crippen molar-refractivity contribution in [3.05, 3.63) is 82.4 Å². The minimum Gasteiger partial charge on any atom is -0.445 e. The molecule has 4 aromatic rings. The molecule has 0 atom stereocenters. The number of rotatable bonds is 5. The van der Waals surface area contributed by atoms with E-state index in [1.54, 1.807) is 23.8 Å². The van der Waals surface area contributed by atoms with Gasteiger partial charge in [-0.05, 0) is 71.8 Å². The molecule has 27 heavy (non-hydrogen) atoms. The molecule has 0 fully saturated rings. The highest BCUT2D eigenvalue weighted by Gasteiger charge is 2.08. The van der Waals surface area contributed by atoms with E-state index in [0.29, 0.717) is 5.89 Å². The van der Waals surface area contributed by atoms with Crippen LogP contribution in [0.4, 0.5) is 5.69 Å². The molecule has 0 radical (unpaired) electrons. The van der Waals surface area contributed by atoms with Crippen molar-refractivity contribution in [3.8, 4) is 22.6 Å². The number of benzene rings is 2. The maximum atomic E-state index is 5.42. The summed E-state index contributed by atoms with van der Waals surface area (Å²) >= 11 is 1.68. The van der Waals surface area contributed by atoms with Crippen molar-refractivity contribution in [2.45, 2.75) is 13.8 Å². The van der Waals surface area contributed by atoms with Gasteiger partial charge in [0.05, 0.1) is 18.1 Å². The fourth-order valence-electron chi connectivity index (χ4n) is 2.84. The summed E-state index contributed by atoms with van der Waals surface area (Å²) in [5, 5.41) is 6.40. The van der Waals surface area contributed by atoms with Crippen LogP contribution in [-0.4, -0.2) is 11.2 Å². The molecule has 0 aliphatic heterocycles. The van der Waals surface area contributed by atoms with Crippen LogP contribution < -0.4 is 5.43 Å². The Kier molecular flexibility index (Phi) is 4.85. The van der Waals surface area contributed by atoms with Gasteiger partial charge in [-0.3, -0.25) is 5.43 Å². The summed E-state index contributed by atoms with van der Waals surface area (Å²) < 4.78 is 5.42. The van der Waals surface area contributed by atoms with E-state index in [2.05, 4.69) is 65.1 Å². The van der Waals surface area contributed by atoms with Crippen molar-refractivity contribution in [1.29, 1.82) is 0 Å². The Morgan fingerprint density at radius 1 is 1.00 bits per heavy atom. The smallest absolute Gasteiger partial charge is 0.225 e. The number of nitrogens with zero attached hydrogens (tertiary/aromatic N) is 2. The van der Waals surface area contributed by atoms with Crippen LogP contribution >= 0.6 is 11.3 Å². The second kappa shape index (κ2) is 7.60. The van der Waals surface area contributed by atoms with Crippen molar-refractivity contribution in [2.75, 3.05) is 5.43 Å². The Hall–Kier alpha value is -3.18. The number of oxazole rings is 1. The number of hydrogen-bond donors (Lipinski definition) is 1. The van der Waals surface area contributed by atoms with Crippen LogP contribution in [0.1, 0.15) is 16.0 Å². The molecule has 4 rings (SSSR count). The molecule has 0 unspecified atom stereocenters. The molecule has 0 amide bonds. The van der Waals surface area contributed by atoms with E-state index in [1.807, 2.05) is 24.4 Å². The number of thiophene rings is 1. The lowest BCUT2D eigenvalue weighted by Gasteiger charge is -2.09. The van der Waals surface area contributed by atoms with Gasteiger partial charge in [-0.1, -0.05) is 18.2 Å². The van der Waals surface area contributed by atoms with E-state index in [-0.39, 0.29) is 0 Å². The Bertz CT molecular complexity index is 1060. The van der Waals surface area contributed by atoms with Gasteiger partial charge in [-0.15, -0.1) is 11.3 Å². The molecular weight excluding hydrogens is 354 g/mol. The van der Waals surface area contributed by atoms with E-state index in [0.717, 1.165) is 27.3 Å². The average molecular weight is 373 g/mol. The summed E-state index contributed by atoms with van der Waals surface area (Å²) in [4.78, 5) is 5.40. The molecule has 1 N–H and O–H groups in total. The first-order valence-electron chi connectivity index (χ1n) is 8.65. The monoisotopic (exact) mass is 373 g/mol. The van der Waals surface area contributed by atoms with Crippen LogP contribution in [0.5, 0.6) is 0 Å². The normalized spacial score (nSPS) is 11.2. The van der Waals surface area contributed by atoms with Crippen molar-refractivity contribution in [1.82, 2.24) is 4.98 Å². The summed E-state index contributed by atoms with van der Waals surface area (Å²) in [5.41, 5.74) is 9.76. The summed E-state index contributed by atoms with van der Waals surface area (Å²) in [7, 11) is 0. The average Bonchev–Trinajstić information content (AvgIpc) is 3.35. The SMILES string of the molecule is Cc1ccc(-c2ncco2)cc1-c1ccc(NN=Cc2sccc2C)cc1. The van der Waals surface area contributed by atoms with Gasteiger partial charge < -0.3 is 4.42 Å². The van der Waals surface area contributed by atoms with Gasteiger partial charge in [0.25, 0.3) is 0 Å². The Morgan fingerprint density at radius 2 is 1.81 bits per heavy atom. The maximum Gasteiger partial charge on any atom is 0.225 e. The van der Waals surface area contributed by atoms with E-state index in [9.17, 15) is 0 Å². The molecule has 4 nitrogen and oxygen atoms in total. The molecule has 0 saturated heterocycles. The van der Waals surface area contributed by atoms with Gasteiger partial charge >= 0.3 is 0 Å². The predicted octanol–water partition coefficient (Wildman–Crippen LogP) is 6.13. The van der Waals surface area contributed by atoms with Crippen LogP contribution in [0.3, 0.4) is 0 Å². The summed E-state index contributed by atoms with van der Waals surface area (Å²) in [6.07, 6.45) is 5.11. The van der Waals surface area contributed by atoms with Crippen LogP contribution in [0.25, 0.3) is 22.6 Å². The zero-order valence-electron chi connectivity index (χ0n) is 15.1. The highest BCUT2D eigenvalue weighted by molar-refractivity contribution is 7.11. The molecule has 0 saturated carbocycles. The lowest BCUT2D eigenvalue weighted by atomic mass is 9.98. The van der Waals surface area contributed by atoms with Crippen molar-refractivity contribution < 1.29 is 4.42 Å². The van der Waals surface area contributed by atoms with Gasteiger partial charge in [0.1, 0.15) is 6.26 Å². The molecule has 0 spiro atoms. The number of aromatic nitrogens is 1. The van der Waals surface area contributed by atoms with Crippen molar-refractivity contribution in [2.24, 2.45) is 5.10 Å². The van der Waals surface area contributed by atoms with E-state index in [1.165, 1.54) is 11.1 Å². The molecule has 134 valence electrons. The summed E-state index contributed by atoms with van der Waals surface area (Å²) in [6.45, 7) is 4.19. The van der Waals surface area contributed by atoms with E-state index >= 15 is 0 Å². The molecule has 5 heteroatoms. The zero-order chi connectivity index (χ0) is 18.6. The third-order valence-electron chi connectivity index (χ3n) is 4.39. The second-order valence-corrected chi connectivity index (χ2v) is 7.23. The number of hydrogen-bond acceptors (Lipinski definition) is 5. The van der Waals surface area contributed by atoms with E-state index in [4.69, 9.17) is 4.42 Å². The van der Waals surface area contributed by atoms with Gasteiger partial charge in [-0.25, -0.2) is 4.98 Å². The highest BCUT2D eigenvalue weighted by Crippen LogP contribution is 2.29.